The fourth-order valence-corrected chi connectivity index (χ4v) is 5.14. The van der Waals surface area contributed by atoms with Crippen LogP contribution in [0.2, 0.25) is 0 Å². The molecule has 1 aromatic rings. The topological polar surface area (TPSA) is 55.8 Å². The largest absolute Gasteiger partial charge is 0.497 e. The fraction of sp³-hybridized carbons (Fsp3) is 0.609. The van der Waals surface area contributed by atoms with Crippen LogP contribution >= 0.6 is 0 Å². The zero-order valence-corrected chi connectivity index (χ0v) is 16.9. The summed E-state index contributed by atoms with van der Waals surface area (Å²) >= 11 is 0. The molecule has 0 aliphatic heterocycles. The Bertz CT molecular complexity index is 693. The van der Waals surface area contributed by atoms with E-state index >= 15 is 0 Å². The summed E-state index contributed by atoms with van der Waals surface area (Å²) in [7, 11) is 1.60. The summed E-state index contributed by atoms with van der Waals surface area (Å²) in [5, 5.41) is 11.1. The van der Waals surface area contributed by atoms with Crippen LogP contribution in [0.3, 0.4) is 0 Å². The summed E-state index contributed by atoms with van der Waals surface area (Å²) in [6, 6.07) is 7.01. The lowest BCUT2D eigenvalue weighted by molar-refractivity contribution is -0.140. The lowest BCUT2D eigenvalue weighted by atomic mass is 9.53. The van der Waals surface area contributed by atoms with Crippen molar-refractivity contribution in [1.82, 2.24) is 0 Å². The zero-order chi connectivity index (χ0) is 19.8. The molecule has 2 fully saturated rings. The highest BCUT2D eigenvalue weighted by Crippen LogP contribution is 2.55. The Balaban J connectivity index is 1.86. The van der Waals surface area contributed by atoms with E-state index in [0.717, 1.165) is 24.8 Å². The van der Waals surface area contributed by atoms with Crippen LogP contribution in [0.25, 0.3) is 0 Å². The van der Waals surface area contributed by atoms with Crippen molar-refractivity contribution in [3.63, 3.8) is 0 Å². The van der Waals surface area contributed by atoms with Crippen molar-refractivity contribution in [1.29, 1.82) is 0 Å². The molecule has 5 atom stereocenters. The monoisotopic (exact) mass is 372 g/mol. The Morgan fingerprint density at radius 1 is 1.30 bits per heavy atom. The number of aliphatic hydroxyl groups excluding tert-OH is 1. The molecule has 3 rings (SSSR count). The van der Waals surface area contributed by atoms with Gasteiger partial charge in [-0.25, -0.2) is 4.79 Å². The fourth-order valence-electron chi connectivity index (χ4n) is 5.14. The maximum atomic E-state index is 12.8. The van der Waals surface area contributed by atoms with Gasteiger partial charge in [0.2, 0.25) is 0 Å². The number of hydrogen-bond acceptors (Lipinski definition) is 4. The average Bonchev–Trinajstić information content (AvgIpc) is 2.63. The van der Waals surface area contributed by atoms with Crippen molar-refractivity contribution in [3.05, 3.63) is 42.0 Å². The van der Waals surface area contributed by atoms with Crippen molar-refractivity contribution in [3.8, 4) is 5.75 Å². The molecule has 0 heterocycles. The van der Waals surface area contributed by atoms with E-state index in [2.05, 4.69) is 27.4 Å². The van der Waals surface area contributed by atoms with Crippen molar-refractivity contribution in [2.45, 2.75) is 58.7 Å². The van der Waals surface area contributed by atoms with Crippen molar-refractivity contribution in [2.75, 3.05) is 7.11 Å². The van der Waals surface area contributed by atoms with Gasteiger partial charge in [0.1, 0.15) is 11.9 Å². The molecule has 0 spiro atoms. The first-order valence-electron chi connectivity index (χ1n) is 9.98. The van der Waals surface area contributed by atoms with Crippen LogP contribution in [0.1, 0.15) is 56.8 Å². The van der Waals surface area contributed by atoms with Crippen molar-refractivity contribution >= 4 is 5.97 Å². The van der Waals surface area contributed by atoms with E-state index in [1.807, 2.05) is 0 Å². The number of rotatable bonds is 4. The van der Waals surface area contributed by atoms with E-state index in [1.54, 1.807) is 31.4 Å². The molecule has 2 aliphatic carbocycles. The maximum absolute atomic E-state index is 12.8. The molecule has 2 aliphatic rings. The highest BCUT2D eigenvalue weighted by atomic mass is 16.5. The van der Waals surface area contributed by atoms with Crippen molar-refractivity contribution in [2.24, 2.45) is 23.2 Å². The van der Waals surface area contributed by atoms with E-state index in [-0.39, 0.29) is 29.3 Å². The summed E-state index contributed by atoms with van der Waals surface area (Å²) in [6.07, 6.45) is 2.98. The number of methoxy groups -OCH3 is 1. The first-order chi connectivity index (χ1) is 12.8. The predicted octanol–water partition coefficient (Wildman–Crippen LogP) is 4.62. The number of hydrogen-bond donors (Lipinski definition) is 1. The average molecular weight is 373 g/mol. The zero-order valence-electron chi connectivity index (χ0n) is 16.9. The van der Waals surface area contributed by atoms with Gasteiger partial charge in [0.15, 0.2) is 0 Å². The van der Waals surface area contributed by atoms with Gasteiger partial charge in [-0.2, -0.15) is 0 Å². The number of carbonyl (C=O) groups excluding carboxylic acids is 1. The van der Waals surface area contributed by atoms with Gasteiger partial charge >= 0.3 is 5.97 Å². The van der Waals surface area contributed by atoms with Crippen molar-refractivity contribution < 1.29 is 19.4 Å². The van der Waals surface area contributed by atoms with Gasteiger partial charge in [0.25, 0.3) is 0 Å². The van der Waals surface area contributed by atoms with Crippen LogP contribution < -0.4 is 4.74 Å². The molecule has 0 aromatic heterocycles. The summed E-state index contributed by atoms with van der Waals surface area (Å²) in [5.41, 5.74) is 1.37. The summed E-state index contributed by atoms with van der Waals surface area (Å²) in [4.78, 5) is 12.8. The summed E-state index contributed by atoms with van der Waals surface area (Å²) in [5.74, 6) is 0.814. The second kappa shape index (κ2) is 7.67. The van der Waals surface area contributed by atoms with Crippen LogP contribution in [-0.2, 0) is 4.74 Å². The highest BCUT2D eigenvalue weighted by molar-refractivity contribution is 5.89. The molecular weight excluding hydrogens is 340 g/mol. The molecule has 0 saturated heterocycles. The van der Waals surface area contributed by atoms with Gasteiger partial charge in [0.05, 0.1) is 18.8 Å². The summed E-state index contributed by atoms with van der Waals surface area (Å²) in [6.45, 7) is 10.7. The third-order valence-electron chi connectivity index (χ3n) is 6.80. The van der Waals surface area contributed by atoms with Crippen LogP contribution in [0.5, 0.6) is 5.75 Å². The molecule has 2 saturated carbocycles. The third kappa shape index (κ3) is 3.64. The first kappa shape index (κ1) is 19.9. The number of aliphatic hydroxyl groups is 1. The van der Waals surface area contributed by atoms with Crippen LogP contribution in [0, 0.1) is 23.2 Å². The van der Waals surface area contributed by atoms with E-state index in [1.165, 1.54) is 0 Å². The minimum atomic E-state index is -0.418. The van der Waals surface area contributed by atoms with E-state index in [0.29, 0.717) is 23.7 Å². The highest BCUT2D eigenvalue weighted by Gasteiger charge is 2.55. The first-order valence-corrected chi connectivity index (χ1v) is 9.98. The Hall–Kier alpha value is -1.81. The lowest BCUT2D eigenvalue weighted by Crippen LogP contribution is -2.57. The lowest BCUT2D eigenvalue weighted by Gasteiger charge is -2.55. The smallest absolute Gasteiger partial charge is 0.338 e. The van der Waals surface area contributed by atoms with Gasteiger partial charge in [-0.15, -0.1) is 0 Å². The second-order valence-electron chi connectivity index (χ2n) is 8.75. The van der Waals surface area contributed by atoms with Gasteiger partial charge in [-0.05, 0) is 61.8 Å². The van der Waals surface area contributed by atoms with Crippen LogP contribution in [-0.4, -0.2) is 30.4 Å². The number of carbonyl (C=O) groups is 1. The quantitative estimate of drug-likeness (QED) is 0.619. The van der Waals surface area contributed by atoms with Gasteiger partial charge < -0.3 is 14.6 Å². The SMILES string of the molecule is C=C1CCC[C@]2(C)[C@@H](OC(=O)c3ccc(OC)cc3)C[C@@H](C(C)C)[C@H](O)[C@@H]12. The normalized spacial score (nSPS) is 33.5. The molecule has 0 amide bonds. The summed E-state index contributed by atoms with van der Waals surface area (Å²) < 4.78 is 11.2. The molecule has 1 aromatic carbocycles. The van der Waals surface area contributed by atoms with E-state index < -0.39 is 6.10 Å². The van der Waals surface area contributed by atoms with Gasteiger partial charge in [-0.3, -0.25) is 0 Å². The van der Waals surface area contributed by atoms with Crippen LogP contribution in [0.15, 0.2) is 36.4 Å². The second-order valence-corrected chi connectivity index (χ2v) is 8.75. The standard InChI is InChI=1S/C23H32O4/c1-14(2)18-13-19(23(4)12-6-7-15(3)20(23)21(18)24)27-22(25)16-8-10-17(26-5)11-9-16/h8-11,14,18-21,24H,3,6-7,12-13H2,1-2,4-5H3/t18-,19-,20+,21-,23+/m0/s1. The Kier molecular flexibility index (Phi) is 5.66. The number of ether oxygens (including phenoxy) is 2. The molecule has 0 bridgehead atoms. The maximum Gasteiger partial charge on any atom is 0.338 e. The van der Waals surface area contributed by atoms with E-state index in [4.69, 9.17) is 9.47 Å². The molecule has 4 nitrogen and oxygen atoms in total. The molecule has 1 N–H and O–H groups in total. The molecule has 148 valence electrons. The molecule has 27 heavy (non-hydrogen) atoms. The van der Waals surface area contributed by atoms with Gasteiger partial charge in [0, 0.05) is 11.3 Å². The number of fused-ring (bicyclic) bond motifs is 1. The Morgan fingerprint density at radius 2 is 1.96 bits per heavy atom. The predicted molar refractivity (Wildman–Crippen MR) is 106 cm³/mol. The third-order valence-corrected chi connectivity index (χ3v) is 6.80. The molecular formula is C23H32O4. The molecule has 0 radical (unpaired) electrons. The minimum absolute atomic E-state index is 0.0129. The Labute approximate surface area is 162 Å². The Morgan fingerprint density at radius 3 is 2.56 bits per heavy atom. The van der Waals surface area contributed by atoms with Crippen LogP contribution in [0.4, 0.5) is 0 Å². The minimum Gasteiger partial charge on any atom is -0.497 e. The number of benzene rings is 1. The molecule has 4 heteroatoms. The molecule has 0 unspecified atom stereocenters. The van der Waals surface area contributed by atoms with Gasteiger partial charge in [-0.1, -0.05) is 32.9 Å². The van der Waals surface area contributed by atoms with E-state index in [9.17, 15) is 9.90 Å². The number of esters is 1.